The minimum atomic E-state index is 0.962. The van der Waals surface area contributed by atoms with Crippen LogP contribution >= 0.6 is 27.3 Å². The van der Waals surface area contributed by atoms with Crippen LogP contribution in [0.15, 0.2) is 22.7 Å². The van der Waals surface area contributed by atoms with Crippen LogP contribution < -0.4 is 0 Å². The molecule has 2 nitrogen and oxygen atoms in total. The number of halogens is 1. The monoisotopic (exact) mass is 298 g/mol. The van der Waals surface area contributed by atoms with Gasteiger partial charge in [0, 0.05) is 4.47 Å². The van der Waals surface area contributed by atoms with Crippen molar-refractivity contribution in [3.63, 3.8) is 0 Å². The molecule has 0 aliphatic heterocycles. The summed E-state index contributed by atoms with van der Waals surface area (Å²) >= 11 is 5.27. The van der Waals surface area contributed by atoms with Crippen LogP contribution in [0.5, 0.6) is 0 Å². The maximum atomic E-state index is 4.66. The molecule has 2 aromatic rings. The third-order valence-corrected chi connectivity index (χ3v) is 4.16. The smallest absolute Gasteiger partial charge is 0.108 e. The summed E-state index contributed by atoms with van der Waals surface area (Å²) in [4.78, 5) is 7.04. The number of fused-ring (bicyclic) bond motifs is 1. The van der Waals surface area contributed by atoms with E-state index >= 15 is 0 Å². The first-order valence-corrected chi connectivity index (χ1v) is 7.11. The predicted molar refractivity (Wildman–Crippen MR) is 73.9 cm³/mol. The molecule has 4 heteroatoms. The van der Waals surface area contributed by atoms with Gasteiger partial charge in [-0.3, -0.25) is 4.90 Å². The third-order valence-electron chi connectivity index (χ3n) is 2.65. The van der Waals surface area contributed by atoms with Gasteiger partial charge in [0.1, 0.15) is 5.01 Å². The van der Waals surface area contributed by atoms with E-state index in [9.17, 15) is 0 Å². The predicted octanol–water partition coefficient (Wildman–Crippen LogP) is 3.90. The molecule has 0 unspecified atom stereocenters. The Balaban J connectivity index is 2.25. The summed E-state index contributed by atoms with van der Waals surface area (Å²) < 4.78 is 2.37. The van der Waals surface area contributed by atoms with Crippen molar-refractivity contribution in [2.45, 2.75) is 20.4 Å². The minimum Gasteiger partial charge on any atom is -0.297 e. The van der Waals surface area contributed by atoms with Crippen molar-refractivity contribution >= 4 is 37.5 Å². The SMILES string of the molecule is CCN(CC)Cc1nc2cc(Br)ccc2s1. The van der Waals surface area contributed by atoms with E-state index in [2.05, 4.69) is 57.9 Å². The van der Waals surface area contributed by atoms with Crippen molar-refractivity contribution in [2.24, 2.45) is 0 Å². The molecule has 0 radical (unpaired) electrons. The Morgan fingerprint density at radius 2 is 2.06 bits per heavy atom. The summed E-state index contributed by atoms with van der Waals surface area (Å²) in [6.07, 6.45) is 0. The summed E-state index contributed by atoms with van der Waals surface area (Å²) in [6, 6.07) is 6.28. The number of nitrogens with zero attached hydrogens (tertiary/aromatic N) is 2. The average Bonchev–Trinajstić information content (AvgIpc) is 2.67. The zero-order chi connectivity index (χ0) is 11.5. The number of rotatable bonds is 4. The van der Waals surface area contributed by atoms with Gasteiger partial charge in [-0.15, -0.1) is 11.3 Å². The van der Waals surface area contributed by atoms with Crippen LogP contribution in [0.2, 0.25) is 0 Å². The highest BCUT2D eigenvalue weighted by Gasteiger charge is 2.07. The molecule has 2 rings (SSSR count). The lowest BCUT2D eigenvalue weighted by Crippen LogP contribution is -2.21. The molecule has 0 atom stereocenters. The molecule has 0 fully saturated rings. The summed E-state index contributed by atoms with van der Waals surface area (Å²) in [7, 11) is 0. The lowest BCUT2D eigenvalue weighted by atomic mass is 10.3. The molecule has 0 amide bonds. The van der Waals surface area contributed by atoms with E-state index in [4.69, 9.17) is 0 Å². The molecule has 0 saturated carbocycles. The fraction of sp³-hybridized carbons (Fsp3) is 0.417. The van der Waals surface area contributed by atoms with Crippen molar-refractivity contribution in [3.05, 3.63) is 27.7 Å². The van der Waals surface area contributed by atoms with Gasteiger partial charge in [0.05, 0.1) is 16.8 Å². The average molecular weight is 299 g/mol. The van der Waals surface area contributed by atoms with Crippen molar-refractivity contribution < 1.29 is 0 Å². The Kier molecular flexibility index (Phi) is 3.95. The number of thiazole rings is 1. The maximum Gasteiger partial charge on any atom is 0.108 e. The van der Waals surface area contributed by atoms with Crippen LogP contribution in [0.3, 0.4) is 0 Å². The maximum absolute atomic E-state index is 4.66. The van der Waals surface area contributed by atoms with Crippen LogP contribution in [0, 0.1) is 0 Å². The fourth-order valence-corrected chi connectivity index (χ4v) is 2.99. The van der Waals surface area contributed by atoms with E-state index < -0.39 is 0 Å². The van der Waals surface area contributed by atoms with Gasteiger partial charge in [0.25, 0.3) is 0 Å². The molecule has 1 aromatic heterocycles. The Morgan fingerprint density at radius 3 is 2.75 bits per heavy atom. The van der Waals surface area contributed by atoms with E-state index in [1.165, 1.54) is 9.71 Å². The summed E-state index contributed by atoms with van der Waals surface area (Å²) in [6.45, 7) is 7.50. The standard InChI is InChI=1S/C12H15BrN2S/c1-3-15(4-2)8-12-14-10-7-9(13)5-6-11(10)16-12/h5-7H,3-4,8H2,1-2H3. The number of aromatic nitrogens is 1. The second-order valence-electron chi connectivity index (χ2n) is 3.68. The second-order valence-corrected chi connectivity index (χ2v) is 5.71. The first-order chi connectivity index (χ1) is 7.72. The lowest BCUT2D eigenvalue weighted by Gasteiger charge is -2.15. The zero-order valence-electron chi connectivity index (χ0n) is 9.53. The Labute approximate surface area is 108 Å². The highest BCUT2D eigenvalue weighted by Crippen LogP contribution is 2.25. The summed E-state index contributed by atoms with van der Waals surface area (Å²) in [5, 5.41) is 1.21. The van der Waals surface area contributed by atoms with Crippen molar-refractivity contribution in [3.8, 4) is 0 Å². The molecule has 0 N–H and O–H groups in total. The molecular formula is C12H15BrN2S. The summed E-state index contributed by atoms with van der Waals surface area (Å²) in [5.41, 5.74) is 1.10. The molecule has 86 valence electrons. The van der Waals surface area contributed by atoms with Gasteiger partial charge < -0.3 is 0 Å². The van der Waals surface area contributed by atoms with Crippen LogP contribution in [-0.2, 0) is 6.54 Å². The van der Waals surface area contributed by atoms with E-state index in [1.807, 2.05) is 0 Å². The zero-order valence-corrected chi connectivity index (χ0v) is 11.9. The van der Waals surface area contributed by atoms with Crippen LogP contribution in [0.25, 0.3) is 10.2 Å². The quantitative estimate of drug-likeness (QED) is 0.851. The number of hydrogen-bond acceptors (Lipinski definition) is 3. The van der Waals surface area contributed by atoms with Crippen LogP contribution in [-0.4, -0.2) is 23.0 Å². The van der Waals surface area contributed by atoms with Gasteiger partial charge >= 0.3 is 0 Å². The molecule has 0 saturated heterocycles. The Bertz CT molecular complexity index is 477. The van der Waals surface area contributed by atoms with Gasteiger partial charge in [-0.2, -0.15) is 0 Å². The second kappa shape index (κ2) is 5.25. The molecule has 0 aliphatic rings. The highest BCUT2D eigenvalue weighted by atomic mass is 79.9. The van der Waals surface area contributed by atoms with E-state index in [0.717, 1.165) is 29.6 Å². The highest BCUT2D eigenvalue weighted by molar-refractivity contribution is 9.10. The van der Waals surface area contributed by atoms with Gasteiger partial charge in [-0.25, -0.2) is 4.98 Å². The molecular weight excluding hydrogens is 284 g/mol. The van der Waals surface area contributed by atoms with Gasteiger partial charge in [-0.05, 0) is 31.3 Å². The molecule has 0 bridgehead atoms. The first-order valence-electron chi connectivity index (χ1n) is 5.50. The van der Waals surface area contributed by atoms with E-state index in [0.29, 0.717) is 0 Å². The van der Waals surface area contributed by atoms with Crippen molar-refractivity contribution in [1.29, 1.82) is 0 Å². The third kappa shape index (κ3) is 2.62. The van der Waals surface area contributed by atoms with Gasteiger partial charge in [0.2, 0.25) is 0 Å². The minimum absolute atomic E-state index is 0.962. The van der Waals surface area contributed by atoms with Crippen LogP contribution in [0.4, 0.5) is 0 Å². The molecule has 0 aliphatic carbocycles. The van der Waals surface area contributed by atoms with Gasteiger partial charge in [-0.1, -0.05) is 29.8 Å². The van der Waals surface area contributed by atoms with Crippen molar-refractivity contribution in [2.75, 3.05) is 13.1 Å². The van der Waals surface area contributed by atoms with Gasteiger partial charge in [0.15, 0.2) is 0 Å². The van der Waals surface area contributed by atoms with Crippen molar-refractivity contribution in [1.82, 2.24) is 9.88 Å². The molecule has 1 aromatic carbocycles. The topological polar surface area (TPSA) is 16.1 Å². The Morgan fingerprint density at radius 1 is 1.31 bits per heavy atom. The number of benzene rings is 1. The fourth-order valence-electron chi connectivity index (χ4n) is 1.65. The number of hydrogen-bond donors (Lipinski definition) is 0. The van der Waals surface area contributed by atoms with E-state index in [-0.39, 0.29) is 0 Å². The summed E-state index contributed by atoms with van der Waals surface area (Å²) in [5.74, 6) is 0. The Hall–Kier alpha value is -0.450. The molecule has 1 heterocycles. The van der Waals surface area contributed by atoms with E-state index in [1.54, 1.807) is 11.3 Å². The first kappa shape index (κ1) is 12.0. The molecule has 16 heavy (non-hydrogen) atoms. The van der Waals surface area contributed by atoms with Crippen LogP contribution in [0.1, 0.15) is 18.9 Å². The molecule has 0 spiro atoms. The normalized spacial score (nSPS) is 11.5. The largest absolute Gasteiger partial charge is 0.297 e. The lowest BCUT2D eigenvalue weighted by molar-refractivity contribution is 0.295.